The van der Waals surface area contributed by atoms with Crippen molar-refractivity contribution in [3.63, 3.8) is 0 Å². The summed E-state index contributed by atoms with van der Waals surface area (Å²) >= 11 is 0. The van der Waals surface area contributed by atoms with Crippen LogP contribution in [0.4, 0.5) is 34.6 Å². The third-order valence-electron chi connectivity index (χ3n) is 4.65. The molecule has 1 aliphatic rings. The van der Waals surface area contributed by atoms with Crippen LogP contribution in [0, 0.1) is 24.4 Å². The molecule has 3 rings (SSSR count). The van der Waals surface area contributed by atoms with Crippen LogP contribution in [0.2, 0.25) is 0 Å². The minimum absolute atomic E-state index is 0.113. The Morgan fingerprint density at radius 2 is 1.51 bits per heavy atom. The Hall–Kier alpha value is -2.65. The molecule has 1 aliphatic carbocycles. The molecular formula is C26H40F4N2O3. The standard InChI is InChI=1S/C19H21F3N2O.C3H8O.C2H6.CH3F.CH2O/c1-11-3-5-13(6-4-11)23-18-16(22)14(20)9-15(21)17(18)24-19(7-8-19)10-12(2)25;1-2-3-4;3*1-2/h3-6,9,12,23-25H,7-8,10H2,1-2H3;4H,2-3H2,1H3;1-2H3;1H3;1H2. The molecule has 1 unspecified atom stereocenters. The van der Waals surface area contributed by atoms with Gasteiger partial charge in [0.2, 0.25) is 0 Å². The Labute approximate surface area is 206 Å². The minimum Gasteiger partial charge on any atom is -0.396 e. The number of aliphatic hydroxyl groups is 2. The van der Waals surface area contributed by atoms with Gasteiger partial charge in [-0.2, -0.15) is 0 Å². The van der Waals surface area contributed by atoms with Crippen molar-refractivity contribution >= 4 is 23.9 Å². The second kappa shape index (κ2) is 18.6. The van der Waals surface area contributed by atoms with Crippen molar-refractivity contribution in [1.29, 1.82) is 0 Å². The van der Waals surface area contributed by atoms with E-state index in [1.54, 1.807) is 19.1 Å². The second-order valence-electron chi connectivity index (χ2n) is 7.58. The summed E-state index contributed by atoms with van der Waals surface area (Å²) in [5.41, 5.74) is 0.681. The summed E-state index contributed by atoms with van der Waals surface area (Å²) in [6.45, 7) is 11.8. The molecule has 0 saturated heterocycles. The number of halogens is 4. The van der Waals surface area contributed by atoms with E-state index in [9.17, 15) is 22.7 Å². The van der Waals surface area contributed by atoms with Gasteiger partial charge in [0.15, 0.2) is 17.5 Å². The topological polar surface area (TPSA) is 81.6 Å². The molecule has 0 spiro atoms. The SMILES string of the molecule is C=O.CC.CCCO.CF.Cc1ccc(Nc2c(F)c(F)cc(F)c2NC2(CC(C)O)CC2)cc1. The fourth-order valence-corrected chi connectivity index (χ4v) is 2.98. The van der Waals surface area contributed by atoms with Gasteiger partial charge in [0.25, 0.3) is 0 Å². The smallest absolute Gasteiger partial charge is 0.184 e. The molecule has 0 radical (unpaired) electrons. The van der Waals surface area contributed by atoms with Crippen LogP contribution in [0.5, 0.6) is 0 Å². The maximum Gasteiger partial charge on any atom is 0.184 e. The van der Waals surface area contributed by atoms with E-state index < -0.39 is 29.1 Å². The summed E-state index contributed by atoms with van der Waals surface area (Å²) in [5.74, 6) is -3.26. The largest absolute Gasteiger partial charge is 0.396 e. The molecule has 9 heteroatoms. The first-order valence-electron chi connectivity index (χ1n) is 11.5. The maximum atomic E-state index is 14.4. The van der Waals surface area contributed by atoms with Crippen LogP contribution in [-0.2, 0) is 4.79 Å². The van der Waals surface area contributed by atoms with Gasteiger partial charge in [-0.3, -0.25) is 4.39 Å². The lowest BCUT2D eigenvalue weighted by atomic mass is 10.1. The van der Waals surface area contributed by atoms with Crippen molar-refractivity contribution in [1.82, 2.24) is 0 Å². The second-order valence-corrected chi connectivity index (χ2v) is 7.58. The number of aliphatic hydroxyl groups excluding tert-OH is 2. The zero-order valence-corrected chi connectivity index (χ0v) is 21.5. The Bertz CT molecular complexity index is 828. The zero-order chi connectivity index (χ0) is 27.6. The molecule has 5 nitrogen and oxygen atoms in total. The average Bonchev–Trinajstić information content (AvgIpc) is 3.63. The highest BCUT2D eigenvalue weighted by atomic mass is 19.2. The molecule has 0 amide bonds. The lowest BCUT2D eigenvalue weighted by Gasteiger charge is -2.23. The highest BCUT2D eigenvalue weighted by molar-refractivity contribution is 5.76. The fraction of sp³-hybridized carbons (Fsp3) is 0.500. The number of hydrogen-bond donors (Lipinski definition) is 4. The van der Waals surface area contributed by atoms with Crippen LogP contribution in [0.15, 0.2) is 30.3 Å². The van der Waals surface area contributed by atoms with E-state index in [0.29, 0.717) is 32.0 Å². The number of hydrogen-bond acceptors (Lipinski definition) is 5. The Morgan fingerprint density at radius 3 is 1.91 bits per heavy atom. The van der Waals surface area contributed by atoms with Gasteiger partial charge in [-0.15, -0.1) is 0 Å². The lowest BCUT2D eigenvalue weighted by Crippen LogP contribution is -2.27. The number of aryl methyl sites for hydroxylation is 1. The third-order valence-corrected chi connectivity index (χ3v) is 4.65. The van der Waals surface area contributed by atoms with Gasteiger partial charge in [0, 0.05) is 23.9 Å². The van der Waals surface area contributed by atoms with Crippen LogP contribution >= 0.6 is 0 Å². The summed E-state index contributed by atoms with van der Waals surface area (Å²) in [5, 5.41) is 23.3. The molecule has 2 aromatic carbocycles. The summed E-state index contributed by atoms with van der Waals surface area (Å²) in [4.78, 5) is 8.00. The monoisotopic (exact) mass is 504 g/mol. The highest BCUT2D eigenvalue weighted by Crippen LogP contribution is 2.46. The molecule has 0 aromatic heterocycles. The molecule has 1 saturated carbocycles. The molecule has 2 aromatic rings. The van der Waals surface area contributed by atoms with Crippen LogP contribution < -0.4 is 10.6 Å². The molecule has 35 heavy (non-hydrogen) atoms. The molecule has 200 valence electrons. The van der Waals surface area contributed by atoms with E-state index in [4.69, 9.17) is 9.90 Å². The van der Waals surface area contributed by atoms with E-state index in [1.165, 1.54) is 0 Å². The van der Waals surface area contributed by atoms with Gasteiger partial charge in [0.1, 0.15) is 12.5 Å². The van der Waals surface area contributed by atoms with Gasteiger partial charge in [-0.1, -0.05) is 38.5 Å². The normalized spacial score (nSPS) is 13.0. The molecule has 0 aliphatic heterocycles. The van der Waals surface area contributed by atoms with Crippen molar-refractivity contribution in [2.24, 2.45) is 0 Å². The molecule has 4 N–H and O–H groups in total. The van der Waals surface area contributed by atoms with Crippen LogP contribution in [-0.4, -0.2) is 42.4 Å². The first-order valence-corrected chi connectivity index (χ1v) is 11.5. The first-order chi connectivity index (χ1) is 16.7. The molecule has 1 atom stereocenters. The molecular weight excluding hydrogens is 464 g/mol. The Kier molecular flexibility index (Phi) is 18.4. The summed E-state index contributed by atoms with van der Waals surface area (Å²) in [6.07, 6.45) is 2.19. The number of carbonyl (C=O) groups is 1. The van der Waals surface area contributed by atoms with Crippen molar-refractivity contribution in [2.75, 3.05) is 24.4 Å². The zero-order valence-electron chi connectivity index (χ0n) is 21.5. The van der Waals surface area contributed by atoms with Gasteiger partial charge in [-0.05, 0) is 51.7 Å². The Morgan fingerprint density at radius 1 is 1.03 bits per heavy atom. The predicted molar refractivity (Wildman–Crippen MR) is 136 cm³/mol. The van der Waals surface area contributed by atoms with Gasteiger partial charge < -0.3 is 25.6 Å². The van der Waals surface area contributed by atoms with Crippen molar-refractivity contribution in [3.05, 3.63) is 53.3 Å². The van der Waals surface area contributed by atoms with E-state index >= 15 is 0 Å². The summed E-state index contributed by atoms with van der Waals surface area (Å²) in [7, 11) is 0.500. The van der Waals surface area contributed by atoms with Gasteiger partial charge in [0.05, 0.1) is 19.0 Å². The summed E-state index contributed by atoms with van der Waals surface area (Å²) < 4.78 is 52.0. The lowest BCUT2D eigenvalue weighted by molar-refractivity contribution is -0.0980. The quantitative estimate of drug-likeness (QED) is 0.250. The predicted octanol–water partition coefficient (Wildman–Crippen LogP) is 6.69. The van der Waals surface area contributed by atoms with E-state index in [-0.39, 0.29) is 11.4 Å². The van der Waals surface area contributed by atoms with Crippen molar-refractivity contribution < 1.29 is 32.6 Å². The van der Waals surface area contributed by atoms with E-state index in [0.717, 1.165) is 24.8 Å². The van der Waals surface area contributed by atoms with Crippen LogP contribution in [0.1, 0.15) is 58.9 Å². The molecule has 0 bridgehead atoms. The maximum absolute atomic E-state index is 14.4. The first kappa shape index (κ1) is 34.5. The van der Waals surface area contributed by atoms with Gasteiger partial charge >= 0.3 is 0 Å². The number of rotatable bonds is 7. The highest BCUT2D eigenvalue weighted by Gasteiger charge is 2.44. The van der Waals surface area contributed by atoms with Crippen molar-refractivity contribution in [2.45, 2.75) is 71.9 Å². The molecule has 1 fully saturated rings. The Balaban J connectivity index is 0. The average molecular weight is 505 g/mol. The summed E-state index contributed by atoms with van der Waals surface area (Å²) in [6, 6.07) is 7.60. The molecule has 0 heterocycles. The van der Waals surface area contributed by atoms with E-state index in [1.807, 2.05) is 46.6 Å². The van der Waals surface area contributed by atoms with Crippen molar-refractivity contribution in [3.8, 4) is 0 Å². The number of anilines is 3. The van der Waals surface area contributed by atoms with Crippen LogP contribution in [0.25, 0.3) is 0 Å². The fourth-order valence-electron chi connectivity index (χ4n) is 2.98. The third kappa shape index (κ3) is 12.0. The number of alkyl halides is 1. The number of nitrogens with one attached hydrogen (secondary N) is 2. The van der Waals surface area contributed by atoms with E-state index in [2.05, 4.69) is 10.6 Å². The number of carbonyl (C=O) groups excluding carboxylic acids is 1. The van der Waals surface area contributed by atoms with Gasteiger partial charge in [-0.25, -0.2) is 13.2 Å². The van der Waals surface area contributed by atoms with Crippen LogP contribution in [0.3, 0.4) is 0 Å². The number of benzene rings is 2. The minimum atomic E-state index is -1.25.